The van der Waals surface area contributed by atoms with Crippen LogP contribution in [0.25, 0.3) is 0 Å². The first-order chi connectivity index (χ1) is 9.61. The Balaban J connectivity index is 3.52. The van der Waals surface area contributed by atoms with Gasteiger partial charge >= 0.3 is 0 Å². The Morgan fingerprint density at radius 2 is 1.50 bits per heavy atom. The molecule has 0 aromatic rings. The smallest absolute Gasteiger partial charge is 0.00643 e. The second-order valence-corrected chi connectivity index (χ2v) is 6.66. The molecule has 0 fully saturated rings. The van der Waals surface area contributed by atoms with Gasteiger partial charge < -0.3 is 10.2 Å². The minimum atomic E-state index is 0.759. The fourth-order valence-corrected chi connectivity index (χ4v) is 2.48. The molecule has 20 heavy (non-hydrogen) atoms. The maximum atomic E-state index is 3.53. The summed E-state index contributed by atoms with van der Waals surface area (Å²) >= 11 is 0. The Labute approximate surface area is 128 Å². The summed E-state index contributed by atoms with van der Waals surface area (Å²) in [6.07, 6.45) is 9.43. The number of hydrogen-bond acceptors (Lipinski definition) is 2. The predicted octanol–water partition coefficient (Wildman–Crippen LogP) is 4.69. The van der Waals surface area contributed by atoms with Crippen molar-refractivity contribution in [3.8, 4) is 0 Å². The third kappa shape index (κ3) is 11.7. The highest BCUT2D eigenvalue weighted by atomic mass is 15.1. The van der Waals surface area contributed by atoms with E-state index in [1.54, 1.807) is 0 Å². The summed E-state index contributed by atoms with van der Waals surface area (Å²) < 4.78 is 0. The Hall–Kier alpha value is -0.0800. The first kappa shape index (κ1) is 19.9. The van der Waals surface area contributed by atoms with E-state index in [-0.39, 0.29) is 0 Å². The van der Waals surface area contributed by atoms with Gasteiger partial charge in [0.1, 0.15) is 0 Å². The Bertz CT molecular complexity index is 192. The van der Waals surface area contributed by atoms with Crippen LogP contribution in [0.1, 0.15) is 79.6 Å². The molecule has 0 aromatic heterocycles. The number of unbranched alkanes of at least 4 members (excludes halogenated alkanes) is 4. The molecule has 1 N–H and O–H groups in total. The number of rotatable bonds is 14. The summed E-state index contributed by atoms with van der Waals surface area (Å²) in [5, 5.41) is 3.53. The summed E-state index contributed by atoms with van der Waals surface area (Å²) in [6, 6.07) is 0.759. The van der Waals surface area contributed by atoms with Gasteiger partial charge in [0.05, 0.1) is 0 Å². The molecule has 0 radical (unpaired) electrons. The van der Waals surface area contributed by atoms with E-state index >= 15 is 0 Å². The third-order valence-corrected chi connectivity index (χ3v) is 4.11. The second-order valence-electron chi connectivity index (χ2n) is 6.66. The molecule has 122 valence electrons. The molecule has 0 aliphatic heterocycles. The first-order valence-corrected chi connectivity index (χ1v) is 9.06. The lowest BCUT2D eigenvalue weighted by atomic mass is 10.1. The van der Waals surface area contributed by atoms with Gasteiger partial charge in [-0.2, -0.15) is 0 Å². The van der Waals surface area contributed by atoms with Crippen LogP contribution in [-0.2, 0) is 0 Å². The van der Waals surface area contributed by atoms with Crippen molar-refractivity contribution in [2.45, 2.75) is 85.6 Å². The normalized spacial score (nSPS) is 13.3. The average molecular weight is 285 g/mol. The summed E-state index contributed by atoms with van der Waals surface area (Å²) in [6.45, 7) is 16.5. The van der Waals surface area contributed by atoms with Gasteiger partial charge in [-0.3, -0.25) is 0 Å². The minimum Gasteiger partial charge on any atom is -0.316 e. The standard InChI is InChI=1S/C18H40N2/c1-6-8-14-20(18(5)7-2)15-12-10-9-11-13-19-16-17(3)4/h17-19H,6-16H2,1-5H3. The summed E-state index contributed by atoms with van der Waals surface area (Å²) in [5.74, 6) is 0.776. The molecule has 0 saturated carbocycles. The maximum Gasteiger partial charge on any atom is 0.00643 e. The molecule has 0 aromatic carbocycles. The fraction of sp³-hybridized carbons (Fsp3) is 1.00. The van der Waals surface area contributed by atoms with E-state index in [4.69, 9.17) is 0 Å². The highest BCUT2D eigenvalue weighted by molar-refractivity contribution is 4.66. The van der Waals surface area contributed by atoms with Gasteiger partial charge in [0.15, 0.2) is 0 Å². The van der Waals surface area contributed by atoms with Crippen molar-refractivity contribution < 1.29 is 0 Å². The van der Waals surface area contributed by atoms with E-state index in [9.17, 15) is 0 Å². The molecular formula is C18H40N2. The lowest BCUT2D eigenvalue weighted by molar-refractivity contribution is 0.196. The van der Waals surface area contributed by atoms with Gasteiger partial charge in [0.2, 0.25) is 0 Å². The van der Waals surface area contributed by atoms with Gasteiger partial charge in [-0.15, -0.1) is 0 Å². The Morgan fingerprint density at radius 1 is 0.850 bits per heavy atom. The molecule has 0 heterocycles. The van der Waals surface area contributed by atoms with Crippen molar-refractivity contribution in [2.24, 2.45) is 5.92 Å². The highest BCUT2D eigenvalue weighted by Gasteiger charge is 2.10. The van der Waals surface area contributed by atoms with Crippen molar-refractivity contribution in [3.63, 3.8) is 0 Å². The van der Waals surface area contributed by atoms with Crippen molar-refractivity contribution in [1.29, 1.82) is 0 Å². The molecule has 0 aliphatic rings. The lowest BCUT2D eigenvalue weighted by Gasteiger charge is -2.28. The molecule has 0 bridgehead atoms. The van der Waals surface area contributed by atoms with Crippen LogP contribution in [-0.4, -0.2) is 37.1 Å². The fourth-order valence-electron chi connectivity index (χ4n) is 2.48. The minimum absolute atomic E-state index is 0.759. The van der Waals surface area contributed by atoms with E-state index < -0.39 is 0 Å². The quantitative estimate of drug-likeness (QED) is 0.465. The SMILES string of the molecule is CCCCN(CCCCCCNCC(C)C)C(C)CC. The largest absolute Gasteiger partial charge is 0.316 e. The second kappa shape index (κ2) is 13.9. The van der Waals surface area contributed by atoms with Crippen molar-refractivity contribution in [3.05, 3.63) is 0 Å². The molecule has 0 saturated heterocycles. The van der Waals surface area contributed by atoms with Crippen molar-refractivity contribution in [1.82, 2.24) is 10.2 Å². The summed E-state index contributed by atoms with van der Waals surface area (Å²) in [5.41, 5.74) is 0. The van der Waals surface area contributed by atoms with Crippen LogP contribution in [0.5, 0.6) is 0 Å². The van der Waals surface area contributed by atoms with Gasteiger partial charge in [-0.1, -0.05) is 47.0 Å². The van der Waals surface area contributed by atoms with Gasteiger partial charge in [-0.25, -0.2) is 0 Å². The van der Waals surface area contributed by atoms with Crippen LogP contribution in [0.2, 0.25) is 0 Å². The maximum absolute atomic E-state index is 3.53. The van der Waals surface area contributed by atoms with Crippen LogP contribution >= 0.6 is 0 Å². The van der Waals surface area contributed by atoms with E-state index in [2.05, 4.69) is 44.8 Å². The van der Waals surface area contributed by atoms with E-state index in [0.717, 1.165) is 12.0 Å². The summed E-state index contributed by atoms with van der Waals surface area (Å²) in [4.78, 5) is 2.69. The van der Waals surface area contributed by atoms with Crippen LogP contribution < -0.4 is 5.32 Å². The number of nitrogens with one attached hydrogen (secondary N) is 1. The molecule has 2 heteroatoms. The van der Waals surface area contributed by atoms with E-state index in [1.807, 2.05) is 0 Å². The zero-order valence-electron chi connectivity index (χ0n) is 14.9. The molecule has 0 aliphatic carbocycles. The topological polar surface area (TPSA) is 15.3 Å². The van der Waals surface area contributed by atoms with Crippen LogP contribution in [0.15, 0.2) is 0 Å². The van der Waals surface area contributed by atoms with Gasteiger partial charge in [-0.05, 0) is 64.7 Å². The molecule has 0 spiro atoms. The van der Waals surface area contributed by atoms with Crippen molar-refractivity contribution in [2.75, 3.05) is 26.2 Å². The lowest BCUT2D eigenvalue weighted by Crippen LogP contribution is -2.34. The Morgan fingerprint density at radius 3 is 2.10 bits per heavy atom. The molecule has 1 atom stereocenters. The number of nitrogens with zero attached hydrogens (tertiary/aromatic N) is 1. The number of hydrogen-bond donors (Lipinski definition) is 1. The monoisotopic (exact) mass is 284 g/mol. The van der Waals surface area contributed by atoms with E-state index in [1.165, 1.54) is 71.1 Å². The van der Waals surface area contributed by atoms with Gasteiger partial charge in [0, 0.05) is 6.04 Å². The highest BCUT2D eigenvalue weighted by Crippen LogP contribution is 2.09. The molecule has 0 amide bonds. The predicted molar refractivity (Wildman–Crippen MR) is 92.4 cm³/mol. The third-order valence-electron chi connectivity index (χ3n) is 4.11. The first-order valence-electron chi connectivity index (χ1n) is 9.06. The van der Waals surface area contributed by atoms with Crippen molar-refractivity contribution >= 4 is 0 Å². The molecular weight excluding hydrogens is 244 g/mol. The van der Waals surface area contributed by atoms with Crippen LogP contribution in [0.4, 0.5) is 0 Å². The zero-order chi connectivity index (χ0) is 15.2. The molecule has 0 rings (SSSR count). The average Bonchev–Trinajstić information content (AvgIpc) is 2.43. The van der Waals surface area contributed by atoms with E-state index in [0.29, 0.717) is 0 Å². The molecule has 1 unspecified atom stereocenters. The van der Waals surface area contributed by atoms with Gasteiger partial charge in [0.25, 0.3) is 0 Å². The Kier molecular flexibility index (Phi) is 13.8. The zero-order valence-corrected chi connectivity index (χ0v) is 14.9. The van der Waals surface area contributed by atoms with Crippen LogP contribution in [0, 0.1) is 5.92 Å². The molecule has 2 nitrogen and oxygen atoms in total. The summed E-state index contributed by atoms with van der Waals surface area (Å²) in [7, 11) is 0. The van der Waals surface area contributed by atoms with Crippen LogP contribution in [0.3, 0.4) is 0 Å².